The Labute approximate surface area is 163 Å². The SMILES string of the molecule is Cn1c(CNC(=O)c2ccc(COc3ccccc3)cc2)nc2ccccc21. The third-order valence-electron chi connectivity index (χ3n) is 4.65. The zero-order chi connectivity index (χ0) is 19.3. The number of benzene rings is 3. The second-order valence-corrected chi connectivity index (χ2v) is 6.56. The minimum atomic E-state index is -0.123. The van der Waals surface area contributed by atoms with Crippen molar-refractivity contribution < 1.29 is 9.53 Å². The molecular weight excluding hydrogens is 350 g/mol. The van der Waals surface area contributed by atoms with E-state index < -0.39 is 0 Å². The Hall–Kier alpha value is -3.60. The summed E-state index contributed by atoms with van der Waals surface area (Å²) in [4.78, 5) is 17.0. The van der Waals surface area contributed by atoms with Crippen LogP contribution in [0.15, 0.2) is 78.9 Å². The topological polar surface area (TPSA) is 56.2 Å². The van der Waals surface area contributed by atoms with Gasteiger partial charge in [-0.2, -0.15) is 0 Å². The van der Waals surface area contributed by atoms with E-state index in [-0.39, 0.29) is 5.91 Å². The highest BCUT2D eigenvalue weighted by Crippen LogP contribution is 2.15. The Morgan fingerprint density at radius 1 is 0.964 bits per heavy atom. The van der Waals surface area contributed by atoms with Crippen LogP contribution in [-0.4, -0.2) is 15.5 Å². The lowest BCUT2D eigenvalue weighted by atomic mass is 10.1. The molecule has 28 heavy (non-hydrogen) atoms. The number of hydrogen-bond acceptors (Lipinski definition) is 3. The number of fused-ring (bicyclic) bond motifs is 1. The first kappa shape index (κ1) is 17.8. The lowest BCUT2D eigenvalue weighted by Gasteiger charge is -2.08. The standard InChI is InChI=1S/C23H21N3O2/c1-26-21-10-6-5-9-20(21)25-22(26)15-24-23(27)18-13-11-17(12-14-18)16-28-19-7-3-2-4-8-19/h2-14H,15-16H2,1H3,(H,24,27). The zero-order valence-electron chi connectivity index (χ0n) is 15.6. The molecule has 5 nitrogen and oxygen atoms in total. The molecule has 0 unspecified atom stereocenters. The van der Waals surface area contributed by atoms with E-state index in [4.69, 9.17) is 4.74 Å². The third kappa shape index (κ3) is 3.88. The Bertz CT molecular complexity index is 1090. The highest BCUT2D eigenvalue weighted by molar-refractivity contribution is 5.94. The molecule has 0 spiro atoms. The molecule has 5 heteroatoms. The van der Waals surface area contributed by atoms with E-state index in [1.165, 1.54) is 0 Å². The molecule has 4 rings (SSSR count). The minimum absolute atomic E-state index is 0.123. The van der Waals surface area contributed by atoms with Gasteiger partial charge < -0.3 is 14.6 Å². The van der Waals surface area contributed by atoms with Crippen LogP contribution in [0.2, 0.25) is 0 Å². The van der Waals surface area contributed by atoms with Crippen LogP contribution in [0.4, 0.5) is 0 Å². The van der Waals surface area contributed by atoms with Crippen molar-refractivity contribution in [3.63, 3.8) is 0 Å². The molecule has 3 aromatic carbocycles. The molecule has 0 radical (unpaired) electrons. The summed E-state index contributed by atoms with van der Waals surface area (Å²) in [5.74, 6) is 1.52. The monoisotopic (exact) mass is 371 g/mol. The van der Waals surface area contributed by atoms with Gasteiger partial charge in [-0.1, -0.05) is 42.5 Å². The Morgan fingerprint density at radius 2 is 1.68 bits per heavy atom. The summed E-state index contributed by atoms with van der Waals surface area (Å²) >= 11 is 0. The molecular formula is C23H21N3O2. The summed E-state index contributed by atoms with van der Waals surface area (Å²) in [6, 6.07) is 25.0. The van der Waals surface area contributed by atoms with Crippen molar-refractivity contribution in [2.75, 3.05) is 0 Å². The van der Waals surface area contributed by atoms with Crippen molar-refractivity contribution in [2.24, 2.45) is 7.05 Å². The van der Waals surface area contributed by atoms with E-state index in [1.54, 1.807) is 0 Å². The predicted octanol–water partition coefficient (Wildman–Crippen LogP) is 4.08. The van der Waals surface area contributed by atoms with Crippen LogP contribution in [-0.2, 0) is 20.2 Å². The number of rotatable bonds is 6. The van der Waals surface area contributed by atoms with Crippen LogP contribution in [0.25, 0.3) is 11.0 Å². The van der Waals surface area contributed by atoms with Gasteiger partial charge in [-0.25, -0.2) is 4.98 Å². The predicted molar refractivity (Wildman–Crippen MR) is 109 cm³/mol. The molecule has 140 valence electrons. The number of nitrogens with zero attached hydrogens (tertiary/aromatic N) is 2. The van der Waals surface area contributed by atoms with E-state index in [2.05, 4.69) is 10.3 Å². The molecule has 4 aromatic rings. The van der Waals surface area contributed by atoms with Gasteiger partial charge in [0.1, 0.15) is 18.2 Å². The fraction of sp³-hybridized carbons (Fsp3) is 0.130. The van der Waals surface area contributed by atoms with Gasteiger partial charge in [0.25, 0.3) is 5.91 Å². The van der Waals surface area contributed by atoms with Crippen LogP contribution in [0.3, 0.4) is 0 Å². The quantitative estimate of drug-likeness (QED) is 0.556. The van der Waals surface area contributed by atoms with Crippen molar-refractivity contribution >= 4 is 16.9 Å². The molecule has 0 atom stereocenters. The van der Waals surface area contributed by atoms with E-state index in [9.17, 15) is 4.79 Å². The van der Waals surface area contributed by atoms with Gasteiger partial charge in [-0.15, -0.1) is 0 Å². The number of nitrogens with one attached hydrogen (secondary N) is 1. The molecule has 0 bridgehead atoms. The number of hydrogen-bond donors (Lipinski definition) is 1. The highest BCUT2D eigenvalue weighted by atomic mass is 16.5. The molecule has 1 heterocycles. The Balaban J connectivity index is 1.36. The van der Waals surface area contributed by atoms with Crippen molar-refractivity contribution in [3.8, 4) is 5.75 Å². The minimum Gasteiger partial charge on any atom is -0.489 e. The Morgan fingerprint density at radius 3 is 2.43 bits per heavy atom. The summed E-state index contributed by atoms with van der Waals surface area (Å²) < 4.78 is 7.73. The maximum absolute atomic E-state index is 12.5. The summed E-state index contributed by atoms with van der Waals surface area (Å²) in [6.07, 6.45) is 0. The van der Waals surface area contributed by atoms with E-state index in [0.717, 1.165) is 28.2 Å². The number of aromatic nitrogens is 2. The number of ether oxygens (including phenoxy) is 1. The summed E-state index contributed by atoms with van der Waals surface area (Å²) in [6.45, 7) is 0.842. The number of carbonyl (C=O) groups is 1. The first-order valence-corrected chi connectivity index (χ1v) is 9.16. The first-order valence-electron chi connectivity index (χ1n) is 9.16. The maximum Gasteiger partial charge on any atom is 0.251 e. The molecule has 0 saturated heterocycles. The molecule has 1 N–H and O–H groups in total. The molecule has 1 amide bonds. The number of carbonyl (C=O) groups excluding carboxylic acids is 1. The normalized spacial score (nSPS) is 10.8. The van der Waals surface area contributed by atoms with Gasteiger partial charge >= 0.3 is 0 Å². The molecule has 0 saturated carbocycles. The summed E-state index contributed by atoms with van der Waals surface area (Å²) in [5.41, 5.74) is 3.60. The summed E-state index contributed by atoms with van der Waals surface area (Å²) in [7, 11) is 1.96. The Kier molecular flexibility index (Phi) is 5.06. The average Bonchev–Trinajstić information content (AvgIpc) is 3.07. The van der Waals surface area contributed by atoms with Gasteiger partial charge in [0.05, 0.1) is 17.6 Å². The molecule has 0 aliphatic carbocycles. The highest BCUT2D eigenvalue weighted by Gasteiger charge is 2.10. The van der Waals surface area contributed by atoms with Gasteiger partial charge in [0, 0.05) is 12.6 Å². The van der Waals surface area contributed by atoms with Crippen molar-refractivity contribution in [1.29, 1.82) is 0 Å². The van der Waals surface area contributed by atoms with E-state index in [1.807, 2.05) is 90.5 Å². The lowest BCUT2D eigenvalue weighted by Crippen LogP contribution is -2.24. The van der Waals surface area contributed by atoms with Crippen LogP contribution < -0.4 is 10.1 Å². The van der Waals surface area contributed by atoms with Crippen LogP contribution in [0.5, 0.6) is 5.75 Å². The summed E-state index contributed by atoms with van der Waals surface area (Å²) in [5, 5.41) is 2.94. The molecule has 0 aliphatic rings. The fourth-order valence-electron chi connectivity index (χ4n) is 3.05. The number of para-hydroxylation sites is 3. The van der Waals surface area contributed by atoms with Crippen molar-refractivity contribution in [3.05, 3.63) is 95.8 Å². The zero-order valence-corrected chi connectivity index (χ0v) is 15.6. The maximum atomic E-state index is 12.5. The van der Waals surface area contributed by atoms with Crippen LogP contribution in [0.1, 0.15) is 21.7 Å². The van der Waals surface area contributed by atoms with Gasteiger partial charge in [-0.3, -0.25) is 4.79 Å². The second-order valence-electron chi connectivity index (χ2n) is 6.56. The van der Waals surface area contributed by atoms with Crippen molar-refractivity contribution in [1.82, 2.24) is 14.9 Å². The average molecular weight is 371 g/mol. The molecule has 1 aromatic heterocycles. The van der Waals surface area contributed by atoms with Gasteiger partial charge in [0.15, 0.2) is 0 Å². The molecule has 0 aliphatic heterocycles. The lowest BCUT2D eigenvalue weighted by molar-refractivity contribution is 0.0949. The second kappa shape index (κ2) is 7.96. The smallest absolute Gasteiger partial charge is 0.251 e. The van der Waals surface area contributed by atoms with Gasteiger partial charge in [0.2, 0.25) is 0 Å². The number of aryl methyl sites for hydroxylation is 1. The number of imidazole rings is 1. The molecule has 0 fully saturated rings. The van der Waals surface area contributed by atoms with E-state index >= 15 is 0 Å². The third-order valence-corrected chi connectivity index (χ3v) is 4.65. The van der Waals surface area contributed by atoms with Crippen molar-refractivity contribution in [2.45, 2.75) is 13.2 Å². The van der Waals surface area contributed by atoms with Gasteiger partial charge in [-0.05, 0) is 42.0 Å². The largest absolute Gasteiger partial charge is 0.489 e. The van der Waals surface area contributed by atoms with E-state index in [0.29, 0.717) is 18.7 Å². The first-order chi connectivity index (χ1) is 13.7. The fourth-order valence-corrected chi connectivity index (χ4v) is 3.05. The van der Waals surface area contributed by atoms with Crippen LogP contribution in [0, 0.1) is 0 Å². The number of amides is 1. The van der Waals surface area contributed by atoms with Crippen LogP contribution >= 0.6 is 0 Å².